The van der Waals surface area contributed by atoms with E-state index in [1.807, 2.05) is 6.07 Å². The number of anilines is 1. The van der Waals surface area contributed by atoms with Crippen LogP contribution < -0.4 is 5.32 Å². The van der Waals surface area contributed by atoms with E-state index in [0.29, 0.717) is 11.3 Å². The van der Waals surface area contributed by atoms with Crippen molar-refractivity contribution >= 4 is 23.2 Å². The van der Waals surface area contributed by atoms with E-state index < -0.39 is 12.2 Å². The SMILES string of the molecule is N#Cc1ccc(NC(=O)CN2C[C@@H](O)[C@@H](O)C2)cc1Cl. The number of hydrogen-bond donors (Lipinski definition) is 3. The Balaban J connectivity index is 1.92. The molecule has 0 radical (unpaired) electrons. The summed E-state index contributed by atoms with van der Waals surface area (Å²) in [5.74, 6) is -0.271. The topological polar surface area (TPSA) is 96.6 Å². The van der Waals surface area contributed by atoms with Crippen LogP contribution >= 0.6 is 11.6 Å². The molecule has 1 aromatic rings. The van der Waals surface area contributed by atoms with Gasteiger partial charge in [0.1, 0.15) is 6.07 Å². The highest BCUT2D eigenvalue weighted by Gasteiger charge is 2.30. The van der Waals surface area contributed by atoms with Gasteiger partial charge >= 0.3 is 0 Å². The molecule has 0 spiro atoms. The normalized spacial score (nSPS) is 22.5. The van der Waals surface area contributed by atoms with Crippen LogP contribution in [-0.2, 0) is 4.79 Å². The number of nitriles is 1. The van der Waals surface area contributed by atoms with E-state index in [0.717, 1.165) is 0 Å². The first-order valence-electron chi connectivity index (χ1n) is 6.07. The van der Waals surface area contributed by atoms with Crippen molar-refractivity contribution in [2.45, 2.75) is 12.2 Å². The number of nitrogens with zero attached hydrogens (tertiary/aromatic N) is 2. The molecule has 0 aromatic heterocycles. The van der Waals surface area contributed by atoms with Gasteiger partial charge in [-0.25, -0.2) is 0 Å². The number of rotatable bonds is 3. The van der Waals surface area contributed by atoms with Crippen molar-refractivity contribution in [3.05, 3.63) is 28.8 Å². The summed E-state index contributed by atoms with van der Waals surface area (Å²) in [7, 11) is 0. The number of aliphatic hydroxyl groups is 2. The monoisotopic (exact) mass is 295 g/mol. The molecule has 106 valence electrons. The predicted octanol–water partition coefficient (Wildman–Crippen LogP) is 0.188. The van der Waals surface area contributed by atoms with Crippen molar-refractivity contribution in [2.75, 3.05) is 25.0 Å². The van der Waals surface area contributed by atoms with Crippen molar-refractivity contribution in [1.29, 1.82) is 5.26 Å². The molecular weight excluding hydrogens is 282 g/mol. The van der Waals surface area contributed by atoms with E-state index in [9.17, 15) is 15.0 Å². The first-order chi connectivity index (χ1) is 9.49. The number of β-amino-alcohol motifs (C(OH)–C–C–N with tert-alkyl or cyclic N) is 2. The largest absolute Gasteiger partial charge is 0.389 e. The number of hydrogen-bond acceptors (Lipinski definition) is 5. The van der Waals surface area contributed by atoms with Crippen LogP contribution in [0.1, 0.15) is 5.56 Å². The number of likely N-dealkylation sites (tertiary alicyclic amines) is 1. The quantitative estimate of drug-likeness (QED) is 0.739. The highest BCUT2D eigenvalue weighted by atomic mass is 35.5. The van der Waals surface area contributed by atoms with Gasteiger partial charge in [0.05, 0.1) is 29.3 Å². The zero-order valence-corrected chi connectivity index (χ0v) is 11.3. The van der Waals surface area contributed by atoms with E-state index in [1.54, 1.807) is 11.0 Å². The Labute approximate surface area is 121 Å². The molecule has 7 heteroatoms. The summed E-state index contributed by atoms with van der Waals surface area (Å²) in [6.07, 6.45) is -1.63. The molecule has 6 nitrogen and oxygen atoms in total. The number of carbonyl (C=O) groups excluding carboxylic acids is 1. The van der Waals surface area contributed by atoms with Crippen LogP contribution in [0.25, 0.3) is 0 Å². The van der Waals surface area contributed by atoms with Gasteiger partial charge in [0.25, 0.3) is 0 Å². The van der Waals surface area contributed by atoms with Crippen molar-refractivity contribution < 1.29 is 15.0 Å². The number of nitrogens with one attached hydrogen (secondary N) is 1. The molecule has 1 aliphatic heterocycles. The van der Waals surface area contributed by atoms with Crippen LogP contribution in [0.4, 0.5) is 5.69 Å². The van der Waals surface area contributed by atoms with Gasteiger partial charge in [0, 0.05) is 18.8 Å². The number of halogens is 1. The van der Waals surface area contributed by atoms with E-state index in [4.69, 9.17) is 16.9 Å². The molecule has 20 heavy (non-hydrogen) atoms. The fourth-order valence-corrected chi connectivity index (χ4v) is 2.29. The molecule has 0 bridgehead atoms. The van der Waals surface area contributed by atoms with Gasteiger partial charge in [-0.3, -0.25) is 9.69 Å². The van der Waals surface area contributed by atoms with Crippen molar-refractivity contribution in [2.24, 2.45) is 0 Å². The average molecular weight is 296 g/mol. The molecule has 1 aromatic carbocycles. The highest BCUT2D eigenvalue weighted by Crippen LogP contribution is 2.20. The summed E-state index contributed by atoms with van der Waals surface area (Å²) >= 11 is 5.87. The summed E-state index contributed by atoms with van der Waals surface area (Å²) < 4.78 is 0. The number of benzene rings is 1. The minimum Gasteiger partial charge on any atom is -0.389 e. The maximum absolute atomic E-state index is 11.8. The average Bonchev–Trinajstić information content (AvgIpc) is 2.68. The van der Waals surface area contributed by atoms with Gasteiger partial charge in [-0.2, -0.15) is 5.26 Å². The summed E-state index contributed by atoms with van der Waals surface area (Å²) in [6.45, 7) is 0.608. The Morgan fingerprint density at radius 1 is 1.45 bits per heavy atom. The lowest BCUT2D eigenvalue weighted by Gasteiger charge is -2.14. The number of aliphatic hydroxyl groups excluding tert-OH is 2. The lowest BCUT2D eigenvalue weighted by Crippen LogP contribution is -2.32. The second-order valence-corrected chi connectivity index (χ2v) is 5.09. The van der Waals surface area contributed by atoms with Crippen LogP contribution in [0.2, 0.25) is 5.02 Å². The Hall–Kier alpha value is -1.65. The molecule has 0 saturated carbocycles. The molecular formula is C13H14ClN3O3. The molecule has 1 fully saturated rings. The molecule has 1 heterocycles. The zero-order valence-electron chi connectivity index (χ0n) is 10.6. The molecule has 2 atom stereocenters. The Morgan fingerprint density at radius 2 is 2.10 bits per heavy atom. The summed E-state index contributed by atoms with van der Waals surface area (Å²) in [5.41, 5.74) is 0.842. The van der Waals surface area contributed by atoms with Gasteiger partial charge in [-0.1, -0.05) is 11.6 Å². The van der Waals surface area contributed by atoms with Crippen LogP contribution in [0.15, 0.2) is 18.2 Å². The van der Waals surface area contributed by atoms with Crippen LogP contribution in [0.3, 0.4) is 0 Å². The second kappa shape index (κ2) is 6.20. The minimum absolute atomic E-state index is 0.0751. The molecule has 2 rings (SSSR count). The third-order valence-electron chi connectivity index (χ3n) is 3.08. The predicted molar refractivity (Wildman–Crippen MR) is 73.3 cm³/mol. The summed E-state index contributed by atoms with van der Waals surface area (Å²) in [6, 6.07) is 6.56. The van der Waals surface area contributed by atoms with Crippen LogP contribution in [0.5, 0.6) is 0 Å². The minimum atomic E-state index is -0.813. The summed E-state index contributed by atoms with van der Waals surface area (Å²) in [5, 5.41) is 30.5. The maximum Gasteiger partial charge on any atom is 0.238 e. The number of carbonyl (C=O) groups is 1. The molecule has 1 aliphatic rings. The lowest BCUT2D eigenvalue weighted by atomic mass is 10.2. The molecule has 3 N–H and O–H groups in total. The lowest BCUT2D eigenvalue weighted by molar-refractivity contribution is -0.117. The van der Waals surface area contributed by atoms with Crippen LogP contribution in [-0.4, -0.2) is 52.9 Å². The van der Waals surface area contributed by atoms with Gasteiger partial charge in [0.2, 0.25) is 5.91 Å². The van der Waals surface area contributed by atoms with Gasteiger partial charge in [0.15, 0.2) is 0 Å². The standard InChI is InChI=1S/C13H14ClN3O3/c14-10-3-9(2-1-8(10)4-15)16-13(20)7-17-5-11(18)12(19)6-17/h1-3,11-12,18-19H,5-7H2,(H,16,20)/t11-,12+. The van der Waals surface area contributed by atoms with E-state index in [1.165, 1.54) is 12.1 Å². The molecule has 0 unspecified atom stereocenters. The molecule has 1 amide bonds. The molecule has 0 aliphatic carbocycles. The first-order valence-corrected chi connectivity index (χ1v) is 6.45. The third-order valence-corrected chi connectivity index (χ3v) is 3.39. The fraction of sp³-hybridized carbons (Fsp3) is 0.385. The Kier molecular flexibility index (Phi) is 4.57. The zero-order chi connectivity index (χ0) is 14.7. The Bertz CT molecular complexity index is 548. The van der Waals surface area contributed by atoms with Gasteiger partial charge in [-0.15, -0.1) is 0 Å². The van der Waals surface area contributed by atoms with Crippen molar-refractivity contribution in [3.8, 4) is 6.07 Å². The van der Waals surface area contributed by atoms with E-state index >= 15 is 0 Å². The fourth-order valence-electron chi connectivity index (χ4n) is 2.06. The summed E-state index contributed by atoms with van der Waals surface area (Å²) in [4.78, 5) is 13.5. The smallest absolute Gasteiger partial charge is 0.238 e. The van der Waals surface area contributed by atoms with E-state index in [-0.39, 0.29) is 30.6 Å². The van der Waals surface area contributed by atoms with Gasteiger partial charge in [-0.05, 0) is 18.2 Å². The molecule has 1 saturated heterocycles. The van der Waals surface area contributed by atoms with Crippen molar-refractivity contribution in [3.63, 3.8) is 0 Å². The van der Waals surface area contributed by atoms with Gasteiger partial charge < -0.3 is 15.5 Å². The first kappa shape index (κ1) is 14.8. The van der Waals surface area contributed by atoms with Crippen LogP contribution in [0, 0.1) is 11.3 Å². The van der Waals surface area contributed by atoms with Crippen molar-refractivity contribution in [1.82, 2.24) is 4.90 Å². The second-order valence-electron chi connectivity index (χ2n) is 4.68. The number of amides is 1. The Morgan fingerprint density at radius 3 is 2.65 bits per heavy atom. The van der Waals surface area contributed by atoms with E-state index in [2.05, 4.69) is 5.32 Å². The maximum atomic E-state index is 11.8. The highest BCUT2D eigenvalue weighted by molar-refractivity contribution is 6.32. The third kappa shape index (κ3) is 3.46.